The molecule has 2 aromatic rings. The minimum Gasteiger partial charge on any atom is -0.439 e. The molecule has 4 nitrogen and oxygen atoms in total. The van der Waals surface area contributed by atoms with Crippen molar-refractivity contribution in [3.05, 3.63) is 18.3 Å². The van der Waals surface area contributed by atoms with Crippen LogP contribution in [0.25, 0.3) is 11.1 Å². The second-order valence-corrected chi connectivity index (χ2v) is 1.97. The molecule has 0 saturated heterocycles. The van der Waals surface area contributed by atoms with Gasteiger partial charge >= 0.3 is 0 Å². The third kappa shape index (κ3) is 0.655. The van der Waals surface area contributed by atoms with Crippen molar-refractivity contribution in [3.8, 4) is 0 Å². The van der Waals surface area contributed by atoms with Crippen LogP contribution < -0.4 is 0 Å². The van der Waals surface area contributed by atoms with E-state index in [-0.39, 0.29) is 0 Å². The van der Waals surface area contributed by atoms with E-state index in [4.69, 9.17) is 4.42 Å². The van der Waals surface area contributed by atoms with Gasteiger partial charge in [0.05, 0.1) is 12.4 Å². The average molecular weight is 135 g/mol. The van der Waals surface area contributed by atoms with Gasteiger partial charge in [0, 0.05) is 6.92 Å². The van der Waals surface area contributed by atoms with E-state index >= 15 is 0 Å². The van der Waals surface area contributed by atoms with Crippen molar-refractivity contribution in [2.75, 3.05) is 0 Å². The molecule has 2 rings (SSSR count). The minimum absolute atomic E-state index is 0.643. The minimum atomic E-state index is 0.643. The summed E-state index contributed by atoms with van der Waals surface area (Å²) in [6, 6.07) is 0. The van der Waals surface area contributed by atoms with Crippen molar-refractivity contribution in [2.24, 2.45) is 0 Å². The van der Waals surface area contributed by atoms with E-state index in [1.165, 1.54) is 0 Å². The number of rotatable bonds is 0. The molecule has 0 spiro atoms. The number of hydrogen-bond donors (Lipinski definition) is 0. The van der Waals surface area contributed by atoms with E-state index in [0.717, 1.165) is 5.52 Å². The third-order valence-electron chi connectivity index (χ3n) is 1.21. The number of fused-ring (bicyclic) bond motifs is 1. The fourth-order valence-electron chi connectivity index (χ4n) is 0.818. The highest BCUT2D eigenvalue weighted by atomic mass is 16.3. The predicted octanol–water partition coefficient (Wildman–Crippen LogP) is 0.926. The van der Waals surface area contributed by atoms with E-state index in [0.29, 0.717) is 11.5 Å². The molecule has 10 heavy (non-hydrogen) atoms. The summed E-state index contributed by atoms with van der Waals surface area (Å²) in [6.07, 6.45) is 3.13. The first-order chi connectivity index (χ1) is 4.86. The molecule has 0 bridgehead atoms. The Bertz CT molecular complexity index is 322. The second kappa shape index (κ2) is 1.76. The highest BCUT2D eigenvalue weighted by Crippen LogP contribution is 2.10. The number of aryl methyl sites for hydroxylation is 1. The summed E-state index contributed by atoms with van der Waals surface area (Å²) >= 11 is 0. The second-order valence-electron chi connectivity index (χ2n) is 1.97. The third-order valence-corrected chi connectivity index (χ3v) is 1.21. The number of nitrogens with zero attached hydrogens (tertiary/aromatic N) is 3. The predicted molar refractivity (Wildman–Crippen MR) is 34.3 cm³/mol. The Labute approximate surface area is 56.9 Å². The fraction of sp³-hybridized carbons (Fsp3) is 0.167. The molecule has 0 aliphatic carbocycles. The monoisotopic (exact) mass is 135 g/mol. The van der Waals surface area contributed by atoms with Gasteiger partial charge in [-0.25, -0.2) is 4.98 Å². The van der Waals surface area contributed by atoms with Gasteiger partial charge in [0.15, 0.2) is 11.5 Å². The van der Waals surface area contributed by atoms with Crippen LogP contribution >= 0.6 is 0 Å². The summed E-state index contributed by atoms with van der Waals surface area (Å²) in [6.45, 7) is 1.79. The van der Waals surface area contributed by atoms with Crippen molar-refractivity contribution < 1.29 is 4.42 Å². The summed E-state index contributed by atoms with van der Waals surface area (Å²) in [5.74, 6) is 0.643. The maximum Gasteiger partial charge on any atom is 0.192 e. The lowest BCUT2D eigenvalue weighted by Gasteiger charge is -1.78. The Morgan fingerprint density at radius 3 is 2.90 bits per heavy atom. The van der Waals surface area contributed by atoms with Crippen molar-refractivity contribution in [2.45, 2.75) is 6.92 Å². The molecular weight excluding hydrogens is 130 g/mol. The highest BCUT2D eigenvalue weighted by molar-refractivity contribution is 5.69. The number of oxazole rings is 1. The molecule has 50 valence electrons. The Morgan fingerprint density at radius 1 is 1.30 bits per heavy atom. The summed E-state index contributed by atoms with van der Waals surface area (Å²) in [7, 11) is 0. The van der Waals surface area contributed by atoms with Crippen LogP contribution in [-0.2, 0) is 0 Å². The molecule has 0 N–H and O–H groups in total. The van der Waals surface area contributed by atoms with Crippen molar-refractivity contribution in [1.82, 2.24) is 15.2 Å². The average Bonchev–Trinajstić information content (AvgIpc) is 2.27. The number of hydrogen-bond acceptors (Lipinski definition) is 4. The Morgan fingerprint density at radius 2 is 2.10 bits per heavy atom. The van der Waals surface area contributed by atoms with Crippen LogP contribution in [0.15, 0.2) is 16.8 Å². The molecule has 4 heteroatoms. The molecule has 0 unspecified atom stereocenters. The molecule has 0 aliphatic heterocycles. The van der Waals surface area contributed by atoms with Gasteiger partial charge in [0.1, 0.15) is 5.52 Å². The van der Waals surface area contributed by atoms with Gasteiger partial charge in [-0.3, -0.25) is 0 Å². The smallest absolute Gasteiger partial charge is 0.192 e. The van der Waals surface area contributed by atoms with Crippen LogP contribution in [0, 0.1) is 6.92 Å². The zero-order chi connectivity index (χ0) is 6.97. The highest BCUT2D eigenvalue weighted by Gasteiger charge is 1.99. The molecular formula is C6H5N3O. The van der Waals surface area contributed by atoms with Crippen molar-refractivity contribution in [3.63, 3.8) is 0 Å². The van der Waals surface area contributed by atoms with Crippen LogP contribution in [0.1, 0.15) is 5.89 Å². The molecule has 2 aromatic heterocycles. The van der Waals surface area contributed by atoms with Gasteiger partial charge in [-0.1, -0.05) is 0 Å². The number of aromatic nitrogens is 3. The van der Waals surface area contributed by atoms with Crippen LogP contribution in [0.4, 0.5) is 0 Å². The SMILES string of the molecule is Cc1nc2cnncc2o1. The van der Waals surface area contributed by atoms with Gasteiger partial charge in [0.25, 0.3) is 0 Å². The lowest BCUT2D eigenvalue weighted by molar-refractivity contribution is 0.559. The quantitative estimate of drug-likeness (QED) is 0.539. The van der Waals surface area contributed by atoms with Gasteiger partial charge in [-0.15, -0.1) is 0 Å². The lowest BCUT2D eigenvalue weighted by Crippen LogP contribution is -1.76. The molecule has 0 radical (unpaired) electrons. The first kappa shape index (κ1) is 5.34. The normalized spacial score (nSPS) is 10.5. The topological polar surface area (TPSA) is 51.8 Å². The summed E-state index contributed by atoms with van der Waals surface area (Å²) in [5, 5.41) is 7.30. The zero-order valence-corrected chi connectivity index (χ0v) is 5.40. The summed E-state index contributed by atoms with van der Waals surface area (Å²) in [5.41, 5.74) is 1.44. The van der Waals surface area contributed by atoms with Gasteiger partial charge in [-0.05, 0) is 0 Å². The first-order valence-electron chi connectivity index (χ1n) is 2.90. The summed E-state index contributed by atoms with van der Waals surface area (Å²) in [4.78, 5) is 4.04. The van der Waals surface area contributed by atoms with Crippen molar-refractivity contribution >= 4 is 11.1 Å². The largest absolute Gasteiger partial charge is 0.439 e. The zero-order valence-electron chi connectivity index (χ0n) is 5.40. The summed E-state index contributed by atoms with van der Waals surface area (Å²) < 4.78 is 5.15. The van der Waals surface area contributed by atoms with E-state index in [9.17, 15) is 0 Å². The van der Waals surface area contributed by atoms with Crippen LogP contribution in [0.2, 0.25) is 0 Å². The maximum absolute atomic E-state index is 5.15. The molecule has 2 heterocycles. The van der Waals surface area contributed by atoms with Crippen LogP contribution in [0.3, 0.4) is 0 Å². The van der Waals surface area contributed by atoms with E-state index in [1.807, 2.05) is 0 Å². The molecule has 0 atom stereocenters. The molecule has 0 aliphatic rings. The fourth-order valence-corrected chi connectivity index (χ4v) is 0.818. The first-order valence-corrected chi connectivity index (χ1v) is 2.90. The Kier molecular flexibility index (Phi) is 0.943. The van der Waals surface area contributed by atoms with Gasteiger partial charge in [-0.2, -0.15) is 10.2 Å². The van der Waals surface area contributed by atoms with E-state index in [1.54, 1.807) is 19.3 Å². The van der Waals surface area contributed by atoms with Gasteiger partial charge < -0.3 is 4.42 Å². The molecule has 0 aromatic carbocycles. The van der Waals surface area contributed by atoms with Crippen LogP contribution in [0.5, 0.6) is 0 Å². The molecule has 0 fully saturated rings. The van der Waals surface area contributed by atoms with Crippen LogP contribution in [-0.4, -0.2) is 15.2 Å². The van der Waals surface area contributed by atoms with Gasteiger partial charge in [0.2, 0.25) is 0 Å². The van der Waals surface area contributed by atoms with E-state index in [2.05, 4.69) is 15.2 Å². The molecule has 0 amide bonds. The molecule has 0 saturated carbocycles. The van der Waals surface area contributed by atoms with E-state index < -0.39 is 0 Å². The Balaban J connectivity index is 2.88. The standard InChI is InChI=1S/C6H5N3O/c1-4-9-5-2-7-8-3-6(5)10-4/h2-3H,1H3. The Hall–Kier alpha value is -1.45. The maximum atomic E-state index is 5.15. The lowest BCUT2D eigenvalue weighted by atomic mass is 10.5. The van der Waals surface area contributed by atoms with Crippen molar-refractivity contribution in [1.29, 1.82) is 0 Å².